The van der Waals surface area contributed by atoms with Gasteiger partial charge in [-0.3, -0.25) is 4.79 Å². The first-order chi connectivity index (χ1) is 11.1. The number of carbonyl (C=O) groups excluding carboxylic acids is 1. The molecule has 1 amide bonds. The van der Waals surface area contributed by atoms with Gasteiger partial charge in [0.2, 0.25) is 0 Å². The molecule has 4 nitrogen and oxygen atoms in total. The lowest BCUT2D eigenvalue weighted by molar-refractivity contribution is 0.0988. The molecule has 0 spiro atoms. The first-order valence-electron chi connectivity index (χ1n) is 7.22. The maximum absolute atomic E-state index is 13.4. The Kier molecular flexibility index (Phi) is 3.82. The number of nitrogens with zero attached hydrogens (tertiary/aromatic N) is 2. The number of aromatic nitrogens is 1. The number of amides is 1. The maximum Gasteiger partial charge on any atom is 0.258 e. The minimum Gasteiger partial charge on any atom is -0.361 e. The third-order valence-electron chi connectivity index (χ3n) is 3.74. The van der Waals surface area contributed by atoms with E-state index in [9.17, 15) is 9.18 Å². The number of nitrogens with one attached hydrogen (secondary N) is 1. The van der Waals surface area contributed by atoms with Crippen LogP contribution in [0.2, 0.25) is 0 Å². The highest BCUT2D eigenvalue weighted by molar-refractivity contribution is 6.07. The standard InChI is InChI=1S/C18H14FN3O/c1-2-22(15-4-6-17-12(10-15)7-8-21-17)18(23)13-3-5-16(19)14(9-13)11-20/h3-10,21H,2H2,1H3. The monoisotopic (exact) mass is 307 g/mol. The van der Waals surface area contributed by atoms with Crippen LogP contribution in [0.15, 0.2) is 48.7 Å². The summed E-state index contributed by atoms with van der Waals surface area (Å²) in [4.78, 5) is 17.4. The van der Waals surface area contributed by atoms with Crippen LogP contribution in [0.3, 0.4) is 0 Å². The summed E-state index contributed by atoms with van der Waals surface area (Å²) in [5, 5.41) is 9.92. The molecular weight excluding hydrogens is 293 g/mol. The van der Waals surface area contributed by atoms with Gasteiger partial charge in [-0.1, -0.05) is 0 Å². The van der Waals surface area contributed by atoms with Crippen molar-refractivity contribution in [1.82, 2.24) is 4.98 Å². The fourth-order valence-corrected chi connectivity index (χ4v) is 2.55. The average molecular weight is 307 g/mol. The number of fused-ring (bicyclic) bond motifs is 1. The molecule has 0 aliphatic carbocycles. The van der Waals surface area contributed by atoms with Crippen LogP contribution in [-0.2, 0) is 0 Å². The van der Waals surface area contributed by atoms with Crippen LogP contribution in [0, 0.1) is 17.1 Å². The molecule has 3 rings (SSSR count). The van der Waals surface area contributed by atoms with Crippen molar-refractivity contribution in [3.05, 3.63) is 65.6 Å². The molecule has 0 saturated heterocycles. The van der Waals surface area contributed by atoms with Crippen LogP contribution < -0.4 is 4.90 Å². The Balaban J connectivity index is 1.99. The summed E-state index contributed by atoms with van der Waals surface area (Å²) in [6.07, 6.45) is 1.84. The van der Waals surface area contributed by atoms with E-state index >= 15 is 0 Å². The van der Waals surface area contributed by atoms with E-state index in [0.29, 0.717) is 12.1 Å². The van der Waals surface area contributed by atoms with Gasteiger partial charge in [0.15, 0.2) is 0 Å². The molecule has 2 aromatic carbocycles. The molecule has 0 saturated carbocycles. The van der Waals surface area contributed by atoms with E-state index in [0.717, 1.165) is 22.7 Å². The lowest BCUT2D eigenvalue weighted by atomic mass is 10.1. The van der Waals surface area contributed by atoms with Gasteiger partial charge in [0.05, 0.1) is 5.56 Å². The van der Waals surface area contributed by atoms with Gasteiger partial charge in [0.25, 0.3) is 5.91 Å². The van der Waals surface area contributed by atoms with E-state index < -0.39 is 5.82 Å². The Labute approximate surface area is 132 Å². The summed E-state index contributed by atoms with van der Waals surface area (Å²) >= 11 is 0. The van der Waals surface area contributed by atoms with Crippen molar-refractivity contribution in [2.75, 3.05) is 11.4 Å². The van der Waals surface area contributed by atoms with E-state index in [1.807, 2.05) is 37.4 Å². The highest BCUT2D eigenvalue weighted by atomic mass is 19.1. The summed E-state index contributed by atoms with van der Waals surface area (Å²) in [6, 6.07) is 13.2. The number of hydrogen-bond donors (Lipinski definition) is 1. The van der Waals surface area contributed by atoms with Crippen LogP contribution in [-0.4, -0.2) is 17.4 Å². The Morgan fingerprint density at radius 1 is 1.26 bits per heavy atom. The molecule has 0 radical (unpaired) electrons. The van der Waals surface area contributed by atoms with Crippen molar-refractivity contribution in [2.45, 2.75) is 6.92 Å². The molecule has 114 valence electrons. The Morgan fingerprint density at radius 2 is 2.09 bits per heavy atom. The van der Waals surface area contributed by atoms with Crippen LogP contribution in [0.4, 0.5) is 10.1 Å². The molecule has 3 aromatic rings. The number of H-pyrrole nitrogens is 1. The Hall–Kier alpha value is -3.13. The number of nitriles is 1. The summed E-state index contributed by atoms with van der Waals surface area (Å²) in [5.41, 5.74) is 1.91. The van der Waals surface area contributed by atoms with Crippen molar-refractivity contribution in [3.8, 4) is 6.07 Å². The van der Waals surface area contributed by atoms with Gasteiger partial charge in [-0.15, -0.1) is 0 Å². The van der Waals surface area contributed by atoms with Gasteiger partial charge in [-0.05, 0) is 49.4 Å². The number of rotatable bonds is 3. The van der Waals surface area contributed by atoms with Crippen LogP contribution in [0.5, 0.6) is 0 Å². The number of hydrogen-bond acceptors (Lipinski definition) is 2. The van der Waals surface area contributed by atoms with Gasteiger partial charge >= 0.3 is 0 Å². The van der Waals surface area contributed by atoms with E-state index in [1.165, 1.54) is 12.1 Å². The molecule has 0 fully saturated rings. The van der Waals surface area contributed by atoms with E-state index in [2.05, 4.69) is 4.98 Å². The third kappa shape index (κ3) is 2.67. The zero-order chi connectivity index (χ0) is 16.4. The lowest BCUT2D eigenvalue weighted by Gasteiger charge is -2.21. The highest BCUT2D eigenvalue weighted by Gasteiger charge is 2.18. The quantitative estimate of drug-likeness (QED) is 0.799. The second-order valence-electron chi connectivity index (χ2n) is 5.11. The second kappa shape index (κ2) is 5.93. The number of benzene rings is 2. The molecule has 5 heteroatoms. The number of carbonyl (C=O) groups is 1. The fraction of sp³-hybridized carbons (Fsp3) is 0.111. The van der Waals surface area contributed by atoms with Crippen LogP contribution in [0.1, 0.15) is 22.8 Å². The highest BCUT2D eigenvalue weighted by Crippen LogP contribution is 2.23. The Bertz CT molecular complexity index is 923. The van der Waals surface area contributed by atoms with Gasteiger partial charge in [-0.25, -0.2) is 4.39 Å². The summed E-state index contributed by atoms with van der Waals surface area (Å²) in [7, 11) is 0. The molecule has 0 atom stereocenters. The smallest absolute Gasteiger partial charge is 0.258 e. The van der Waals surface area contributed by atoms with Gasteiger partial charge < -0.3 is 9.88 Å². The van der Waals surface area contributed by atoms with E-state index in [1.54, 1.807) is 11.0 Å². The van der Waals surface area contributed by atoms with Crippen molar-refractivity contribution in [3.63, 3.8) is 0 Å². The molecule has 0 unspecified atom stereocenters. The molecule has 1 heterocycles. The zero-order valence-corrected chi connectivity index (χ0v) is 12.5. The molecule has 23 heavy (non-hydrogen) atoms. The number of anilines is 1. The second-order valence-corrected chi connectivity index (χ2v) is 5.11. The summed E-state index contributed by atoms with van der Waals surface area (Å²) in [5.74, 6) is -0.889. The molecule has 0 aliphatic rings. The van der Waals surface area contributed by atoms with Gasteiger partial charge in [0.1, 0.15) is 11.9 Å². The molecule has 1 aromatic heterocycles. The van der Waals surface area contributed by atoms with Gasteiger partial charge in [-0.2, -0.15) is 5.26 Å². The van der Waals surface area contributed by atoms with E-state index in [-0.39, 0.29) is 11.5 Å². The van der Waals surface area contributed by atoms with E-state index in [4.69, 9.17) is 5.26 Å². The molecule has 0 aliphatic heterocycles. The third-order valence-corrected chi connectivity index (χ3v) is 3.74. The fourth-order valence-electron chi connectivity index (χ4n) is 2.55. The molecular formula is C18H14FN3O. The minimum atomic E-state index is -0.624. The van der Waals surface area contributed by atoms with Crippen LogP contribution >= 0.6 is 0 Å². The summed E-state index contributed by atoms with van der Waals surface area (Å²) < 4.78 is 13.4. The largest absolute Gasteiger partial charge is 0.361 e. The van der Waals surface area contributed by atoms with Crippen molar-refractivity contribution < 1.29 is 9.18 Å². The number of aromatic amines is 1. The molecule has 1 N–H and O–H groups in total. The maximum atomic E-state index is 13.4. The predicted octanol–water partition coefficient (Wildman–Crippen LogP) is 3.85. The van der Waals surface area contributed by atoms with Crippen molar-refractivity contribution in [1.29, 1.82) is 5.26 Å². The SMILES string of the molecule is CCN(C(=O)c1ccc(F)c(C#N)c1)c1ccc2[nH]ccc2c1. The van der Waals surface area contributed by atoms with Crippen molar-refractivity contribution in [2.24, 2.45) is 0 Å². The van der Waals surface area contributed by atoms with Gasteiger partial charge in [0, 0.05) is 34.9 Å². The topological polar surface area (TPSA) is 59.9 Å². The molecule has 0 bridgehead atoms. The normalized spacial score (nSPS) is 10.5. The zero-order valence-electron chi connectivity index (χ0n) is 12.5. The first kappa shape index (κ1) is 14.8. The average Bonchev–Trinajstić information content (AvgIpc) is 3.03. The predicted molar refractivity (Wildman–Crippen MR) is 86.8 cm³/mol. The first-order valence-corrected chi connectivity index (χ1v) is 7.22. The van der Waals surface area contributed by atoms with Crippen LogP contribution in [0.25, 0.3) is 10.9 Å². The minimum absolute atomic E-state index is 0.131. The van der Waals surface area contributed by atoms with Crippen molar-refractivity contribution >= 4 is 22.5 Å². The lowest BCUT2D eigenvalue weighted by Crippen LogP contribution is -2.30. The summed E-state index contributed by atoms with van der Waals surface area (Å²) in [6.45, 7) is 2.34. The number of halogens is 1. The Morgan fingerprint density at radius 3 is 2.83 bits per heavy atom.